The molecule has 2 atom stereocenters. The zero-order chi connectivity index (χ0) is 17.6. The maximum atomic E-state index is 9.71. The van der Waals surface area contributed by atoms with Gasteiger partial charge in [0.15, 0.2) is 0 Å². The molecule has 4 rings (SSSR count). The molecule has 4 heterocycles. The van der Waals surface area contributed by atoms with Crippen molar-refractivity contribution in [3.8, 4) is 23.1 Å². The van der Waals surface area contributed by atoms with Crippen LogP contribution in [0.1, 0.15) is 42.6 Å². The van der Waals surface area contributed by atoms with Gasteiger partial charge in [0.1, 0.15) is 17.5 Å². The van der Waals surface area contributed by atoms with Crippen LogP contribution in [0.5, 0.6) is 5.88 Å². The lowest BCUT2D eigenvalue weighted by molar-refractivity contribution is 0.222. The summed E-state index contributed by atoms with van der Waals surface area (Å²) in [5.74, 6) is 0.896. The van der Waals surface area contributed by atoms with E-state index in [1.54, 1.807) is 6.20 Å². The molecule has 25 heavy (non-hydrogen) atoms. The van der Waals surface area contributed by atoms with Crippen LogP contribution in [0.3, 0.4) is 0 Å². The van der Waals surface area contributed by atoms with Crippen molar-refractivity contribution in [3.05, 3.63) is 35.2 Å². The number of fused-ring (bicyclic) bond motifs is 4. The molecule has 2 aliphatic heterocycles. The molecule has 2 bridgehead atoms. The third kappa shape index (κ3) is 2.43. The number of ether oxygens (including phenoxy) is 1. The highest BCUT2D eigenvalue weighted by atomic mass is 16.5. The number of anilines is 1. The summed E-state index contributed by atoms with van der Waals surface area (Å²) in [5, 5.41) is 9.71. The van der Waals surface area contributed by atoms with Crippen LogP contribution in [0.25, 0.3) is 11.1 Å². The Morgan fingerprint density at radius 1 is 1.40 bits per heavy atom. The second-order valence-electron chi connectivity index (χ2n) is 6.65. The number of pyridine rings is 2. The predicted octanol–water partition coefficient (Wildman–Crippen LogP) is 2.69. The monoisotopic (exact) mass is 335 g/mol. The molecule has 1 saturated heterocycles. The quantitative estimate of drug-likeness (QED) is 0.928. The first-order valence-electron chi connectivity index (χ1n) is 8.67. The third-order valence-electron chi connectivity index (χ3n) is 5.37. The summed E-state index contributed by atoms with van der Waals surface area (Å²) in [6.07, 6.45) is 4.89. The number of hydrogen-bond acceptors (Lipinski definition) is 6. The number of nitrogen functional groups attached to an aromatic ring is 1. The summed E-state index contributed by atoms with van der Waals surface area (Å²) >= 11 is 0. The molecule has 6 heteroatoms. The van der Waals surface area contributed by atoms with Crippen LogP contribution in [0.2, 0.25) is 0 Å². The fraction of sp³-hybridized carbons (Fsp3) is 0.421. The van der Waals surface area contributed by atoms with E-state index in [1.165, 1.54) is 0 Å². The standard InChI is InChI=1S/C19H21N5O/c1-3-25-16-7-4-11(10-22-16)17-13(9-20)19(21)23-14-8-12-5-6-15(18(14)17)24(12)2/h4,7,10,12,15H,3,5-6,8H2,1-2H3,(H2,21,23)/t12-,15+/m1/s1. The second kappa shape index (κ2) is 6.01. The Bertz CT molecular complexity index is 856. The fourth-order valence-electron chi connectivity index (χ4n) is 4.19. The predicted molar refractivity (Wildman–Crippen MR) is 95.0 cm³/mol. The number of nitrogens with zero attached hydrogens (tertiary/aromatic N) is 4. The number of likely N-dealkylation sites (N-methyl/N-ethyl adjacent to an activating group) is 1. The number of aromatic nitrogens is 2. The van der Waals surface area contributed by atoms with Crippen molar-refractivity contribution in [1.82, 2.24) is 14.9 Å². The van der Waals surface area contributed by atoms with Gasteiger partial charge in [-0.2, -0.15) is 5.26 Å². The molecule has 0 aliphatic carbocycles. The van der Waals surface area contributed by atoms with E-state index in [0.29, 0.717) is 29.9 Å². The Hall–Kier alpha value is -2.65. The van der Waals surface area contributed by atoms with Gasteiger partial charge < -0.3 is 10.5 Å². The van der Waals surface area contributed by atoms with Gasteiger partial charge in [0, 0.05) is 53.2 Å². The summed E-state index contributed by atoms with van der Waals surface area (Å²) in [4.78, 5) is 11.4. The zero-order valence-corrected chi connectivity index (χ0v) is 14.5. The molecule has 1 fully saturated rings. The number of rotatable bonds is 3. The molecule has 0 saturated carbocycles. The summed E-state index contributed by atoms with van der Waals surface area (Å²) in [5.41, 5.74) is 10.5. The van der Waals surface area contributed by atoms with Crippen molar-refractivity contribution < 1.29 is 4.74 Å². The van der Waals surface area contributed by atoms with Gasteiger partial charge in [-0.05, 0) is 32.9 Å². The first kappa shape index (κ1) is 15.9. The maximum absolute atomic E-state index is 9.71. The lowest BCUT2D eigenvalue weighted by Gasteiger charge is -2.34. The van der Waals surface area contributed by atoms with E-state index in [9.17, 15) is 5.26 Å². The molecule has 0 aromatic carbocycles. The smallest absolute Gasteiger partial charge is 0.213 e. The normalized spacial score (nSPS) is 21.6. The van der Waals surface area contributed by atoms with E-state index in [2.05, 4.69) is 28.0 Å². The van der Waals surface area contributed by atoms with Crippen molar-refractivity contribution >= 4 is 5.82 Å². The molecule has 0 unspecified atom stereocenters. The molecule has 128 valence electrons. The maximum Gasteiger partial charge on any atom is 0.213 e. The second-order valence-corrected chi connectivity index (χ2v) is 6.65. The van der Waals surface area contributed by atoms with Gasteiger partial charge in [0.25, 0.3) is 0 Å². The van der Waals surface area contributed by atoms with E-state index < -0.39 is 0 Å². The van der Waals surface area contributed by atoms with E-state index in [1.807, 2.05) is 19.1 Å². The number of nitriles is 1. The van der Waals surface area contributed by atoms with Crippen LogP contribution in [0, 0.1) is 11.3 Å². The van der Waals surface area contributed by atoms with Gasteiger partial charge in [0.2, 0.25) is 5.88 Å². The minimum absolute atomic E-state index is 0.288. The lowest BCUT2D eigenvalue weighted by Crippen LogP contribution is -2.35. The highest BCUT2D eigenvalue weighted by molar-refractivity contribution is 5.79. The van der Waals surface area contributed by atoms with Gasteiger partial charge in [-0.15, -0.1) is 0 Å². The van der Waals surface area contributed by atoms with Crippen molar-refractivity contribution in [2.24, 2.45) is 0 Å². The summed E-state index contributed by atoms with van der Waals surface area (Å²) < 4.78 is 5.43. The molecule has 0 amide bonds. The average Bonchev–Trinajstić information content (AvgIpc) is 2.85. The molecule has 0 spiro atoms. The molecule has 6 nitrogen and oxygen atoms in total. The van der Waals surface area contributed by atoms with Gasteiger partial charge in [0.05, 0.1) is 6.61 Å². The Morgan fingerprint density at radius 3 is 2.92 bits per heavy atom. The van der Waals surface area contributed by atoms with E-state index in [4.69, 9.17) is 10.5 Å². The van der Waals surface area contributed by atoms with Gasteiger partial charge >= 0.3 is 0 Å². The SMILES string of the molecule is CCOc1ccc(-c2c(C#N)c(N)nc3c2[C@@H]2CC[C@H](C3)N2C)cn1. The molecule has 2 aliphatic rings. The fourth-order valence-corrected chi connectivity index (χ4v) is 4.19. The molecule has 2 aromatic heterocycles. The lowest BCUT2D eigenvalue weighted by atomic mass is 9.87. The van der Waals surface area contributed by atoms with Gasteiger partial charge in [-0.1, -0.05) is 0 Å². The Kier molecular flexibility index (Phi) is 3.81. The van der Waals surface area contributed by atoms with Crippen LogP contribution in [0.15, 0.2) is 18.3 Å². The Morgan fingerprint density at radius 2 is 2.24 bits per heavy atom. The third-order valence-corrected chi connectivity index (χ3v) is 5.37. The van der Waals surface area contributed by atoms with Crippen LogP contribution < -0.4 is 10.5 Å². The highest BCUT2D eigenvalue weighted by Crippen LogP contribution is 2.47. The molecule has 2 N–H and O–H groups in total. The molecular weight excluding hydrogens is 314 g/mol. The molecule has 2 aromatic rings. The van der Waals surface area contributed by atoms with Crippen molar-refractivity contribution in [1.29, 1.82) is 5.26 Å². The van der Waals surface area contributed by atoms with Crippen LogP contribution >= 0.6 is 0 Å². The summed E-state index contributed by atoms with van der Waals surface area (Å²) in [6, 6.07) is 6.86. The first-order valence-corrected chi connectivity index (χ1v) is 8.67. The summed E-state index contributed by atoms with van der Waals surface area (Å²) in [7, 11) is 2.16. The Balaban J connectivity index is 1.92. The molecule has 0 radical (unpaired) electrons. The number of nitrogens with two attached hydrogens (primary N) is 1. The largest absolute Gasteiger partial charge is 0.478 e. The van der Waals surface area contributed by atoms with Crippen LogP contribution in [0.4, 0.5) is 5.82 Å². The minimum atomic E-state index is 0.288. The highest BCUT2D eigenvalue weighted by Gasteiger charge is 2.41. The zero-order valence-electron chi connectivity index (χ0n) is 14.5. The van der Waals surface area contributed by atoms with Gasteiger partial charge in [-0.3, -0.25) is 4.90 Å². The number of hydrogen-bond donors (Lipinski definition) is 1. The van der Waals surface area contributed by atoms with Crippen LogP contribution in [-0.2, 0) is 6.42 Å². The van der Waals surface area contributed by atoms with Crippen molar-refractivity contribution in [3.63, 3.8) is 0 Å². The van der Waals surface area contributed by atoms with Crippen molar-refractivity contribution in [2.75, 3.05) is 19.4 Å². The van der Waals surface area contributed by atoms with E-state index in [-0.39, 0.29) is 6.04 Å². The van der Waals surface area contributed by atoms with Gasteiger partial charge in [-0.25, -0.2) is 9.97 Å². The summed E-state index contributed by atoms with van der Waals surface area (Å²) in [6.45, 7) is 2.50. The Labute approximate surface area is 147 Å². The molecular formula is C19H21N5O. The van der Waals surface area contributed by atoms with Crippen molar-refractivity contribution in [2.45, 2.75) is 38.3 Å². The average molecular weight is 335 g/mol. The topological polar surface area (TPSA) is 88.1 Å². The minimum Gasteiger partial charge on any atom is -0.478 e. The van der Waals surface area contributed by atoms with Crippen LogP contribution in [-0.4, -0.2) is 34.6 Å². The first-order chi connectivity index (χ1) is 12.1. The van der Waals surface area contributed by atoms with E-state index in [0.717, 1.165) is 41.6 Å². The van der Waals surface area contributed by atoms with E-state index >= 15 is 0 Å².